The number of H-pyrrole nitrogens is 1. The van der Waals surface area contributed by atoms with Crippen LogP contribution in [0.4, 0.5) is 0 Å². The van der Waals surface area contributed by atoms with Crippen molar-refractivity contribution in [2.45, 2.75) is 26.7 Å². The van der Waals surface area contributed by atoms with E-state index in [4.69, 9.17) is 0 Å². The number of rotatable bonds is 5. The molecule has 5 nitrogen and oxygen atoms in total. The number of aromatic nitrogens is 2. The molecule has 0 atom stereocenters. The summed E-state index contributed by atoms with van der Waals surface area (Å²) in [6.07, 6.45) is 1.48. The van der Waals surface area contributed by atoms with E-state index in [1.54, 1.807) is 12.1 Å². The van der Waals surface area contributed by atoms with Crippen LogP contribution < -0.4 is 5.32 Å². The van der Waals surface area contributed by atoms with Gasteiger partial charge in [-0.05, 0) is 37.1 Å². The van der Waals surface area contributed by atoms with E-state index in [0.717, 1.165) is 23.4 Å². The Morgan fingerprint density at radius 3 is 2.85 bits per heavy atom. The highest BCUT2D eigenvalue weighted by molar-refractivity contribution is 5.96. The summed E-state index contributed by atoms with van der Waals surface area (Å²) in [5, 5.41) is 19.5. The average Bonchev–Trinajstić information content (AvgIpc) is 2.85. The second kappa shape index (κ2) is 6.23. The van der Waals surface area contributed by atoms with Crippen LogP contribution in [0.2, 0.25) is 0 Å². The van der Waals surface area contributed by atoms with Crippen LogP contribution in [-0.2, 0) is 12.8 Å². The summed E-state index contributed by atoms with van der Waals surface area (Å²) in [6, 6.07) is 7.05. The summed E-state index contributed by atoms with van der Waals surface area (Å²) in [4.78, 5) is 12.0. The van der Waals surface area contributed by atoms with Crippen LogP contribution in [0.1, 0.15) is 34.2 Å². The molecule has 5 heteroatoms. The van der Waals surface area contributed by atoms with Crippen LogP contribution in [-0.4, -0.2) is 27.8 Å². The molecule has 3 N–H and O–H groups in total. The van der Waals surface area contributed by atoms with Crippen molar-refractivity contribution in [1.29, 1.82) is 0 Å². The zero-order valence-electron chi connectivity index (χ0n) is 11.7. The van der Waals surface area contributed by atoms with Crippen molar-refractivity contribution < 1.29 is 9.90 Å². The van der Waals surface area contributed by atoms with Gasteiger partial charge in [0.1, 0.15) is 5.75 Å². The number of nitrogens with zero attached hydrogens (tertiary/aromatic N) is 1. The van der Waals surface area contributed by atoms with E-state index >= 15 is 0 Å². The van der Waals surface area contributed by atoms with Gasteiger partial charge in [0.15, 0.2) is 0 Å². The molecule has 0 aliphatic heterocycles. The third-order valence-corrected chi connectivity index (χ3v) is 3.14. The molecule has 1 heterocycles. The average molecular weight is 273 g/mol. The Kier molecular flexibility index (Phi) is 4.40. The first-order chi connectivity index (χ1) is 9.60. The standard InChI is InChI=1S/C15H19N3O2/c1-3-11-4-5-14(19)13(9-11)15(20)16-7-6-12-8-10(2)17-18-12/h4-5,8-9,19H,3,6-7H2,1-2H3,(H,16,20)(H,17,18). The van der Waals surface area contributed by atoms with E-state index < -0.39 is 0 Å². The number of phenolic OH excluding ortho intramolecular Hbond substituents is 1. The predicted molar refractivity (Wildman–Crippen MR) is 76.8 cm³/mol. The molecule has 106 valence electrons. The Morgan fingerprint density at radius 2 is 2.20 bits per heavy atom. The minimum Gasteiger partial charge on any atom is -0.507 e. The highest BCUT2D eigenvalue weighted by atomic mass is 16.3. The lowest BCUT2D eigenvalue weighted by Gasteiger charge is -2.07. The molecule has 2 aromatic rings. The highest BCUT2D eigenvalue weighted by Gasteiger charge is 2.11. The van der Waals surface area contributed by atoms with Crippen LogP contribution in [0, 0.1) is 6.92 Å². The second-order valence-corrected chi connectivity index (χ2v) is 4.75. The van der Waals surface area contributed by atoms with Gasteiger partial charge in [-0.2, -0.15) is 5.10 Å². The SMILES string of the molecule is CCc1ccc(O)c(C(=O)NCCc2cc(C)[nH]n2)c1. The number of hydrogen-bond acceptors (Lipinski definition) is 3. The summed E-state index contributed by atoms with van der Waals surface area (Å²) in [5.41, 5.74) is 3.26. The number of amides is 1. The number of nitrogens with one attached hydrogen (secondary N) is 2. The molecule has 0 saturated heterocycles. The van der Waals surface area contributed by atoms with Crippen molar-refractivity contribution in [2.75, 3.05) is 6.54 Å². The van der Waals surface area contributed by atoms with Gasteiger partial charge in [0, 0.05) is 18.7 Å². The fourth-order valence-electron chi connectivity index (χ4n) is 1.99. The topological polar surface area (TPSA) is 78.0 Å². The Labute approximate surface area is 118 Å². The van der Waals surface area contributed by atoms with Crippen molar-refractivity contribution in [3.8, 4) is 5.75 Å². The van der Waals surface area contributed by atoms with Crippen molar-refractivity contribution in [1.82, 2.24) is 15.5 Å². The van der Waals surface area contributed by atoms with Crippen LogP contribution in [0.15, 0.2) is 24.3 Å². The Morgan fingerprint density at radius 1 is 1.40 bits per heavy atom. The summed E-state index contributed by atoms with van der Waals surface area (Å²) >= 11 is 0. The molecule has 1 aromatic heterocycles. The molecule has 0 unspecified atom stereocenters. The maximum Gasteiger partial charge on any atom is 0.255 e. The lowest BCUT2D eigenvalue weighted by atomic mass is 10.1. The molecule has 0 aliphatic carbocycles. The largest absolute Gasteiger partial charge is 0.507 e. The van der Waals surface area contributed by atoms with E-state index in [1.165, 1.54) is 0 Å². The first kappa shape index (κ1) is 14.1. The van der Waals surface area contributed by atoms with Gasteiger partial charge in [0.25, 0.3) is 5.91 Å². The quantitative estimate of drug-likeness (QED) is 0.779. The smallest absolute Gasteiger partial charge is 0.255 e. The molecule has 0 saturated carbocycles. The van der Waals surface area contributed by atoms with Gasteiger partial charge >= 0.3 is 0 Å². The zero-order valence-corrected chi connectivity index (χ0v) is 11.7. The van der Waals surface area contributed by atoms with Gasteiger partial charge in [-0.1, -0.05) is 13.0 Å². The molecule has 0 aliphatic rings. The fraction of sp³-hybridized carbons (Fsp3) is 0.333. The first-order valence-electron chi connectivity index (χ1n) is 6.71. The molecule has 1 amide bonds. The maximum absolute atomic E-state index is 12.0. The molecule has 1 aromatic carbocycles. The van der Waals surface area contributed by atoms with Gasteiger partial charge < -0.3 is 10.4 Å². The van der Waals surface area contributed by atoms with Gasteiger partial charge in [-0.25, -0.2) is 0 Å². The minimum atomic E-state index is -0.259. The number of aryl methyl sites for hydroxylation is 2. The fourth-order valence-corrected chi connectivity index (χ4v) is 1.99. The molecular formula is C15H19N3O2. The summed E-state index contributed by atoms with van der Waals surface area (Å²) in [5.74, 6) is -0.250. The number of aromatic hydroxyl groups is 1. The van der Waals surface area contributed by atoms with Crippen molar-refractivity contribution in [3.63, 3.8) is 0 Å². The first-order valence-corrected chi connectivity index (χ1v) is 6.71. The molecule has 0 fully saturated rings. The molecule has 20 heavy (non-hydrogen) atoms. The van der Waals surface area contributed by atoms with Crippen molar-refractivity contribution in [2.24, 2.45) is 0 Å². The maximum atomic E-state index is 12.0. The van der Waals surface area contributed by atoms with Crippen LogP contribution >= 0.6 is 0 Å². The molecular weight excluding hydrogens is 254 g/mol. The van der Waals surface area contributed by atoms with Gasteiger partial charge in [0.05, 0.1) is 11.3 Å². The van der Waals surface area contributed by atoms with Gasteiger partial charge in [-0.15, -0.1) is 0 Å². The van der Waals surface area contributed by atoms with E-state index in [2.05, 4.69) is 15.5 Å². The third-order valence-electron chi connectivity index (χ3n) is 3.14. The van der Waals surface area contributed by atoms with Crippen LogP contribution in [0.5, 0.6) is 5.75 Å². The van der Waals surface area contributed by atoms with E-state index in [9.17, 15) is 9.90 Å². The molecule has 0 bridgehead atoms. The minimum absolute atomic E-state index is 0.00955. The Balaban J connectivity index is 1.94. The number of aromatic amines is 1. The third kappa shape index (κ3) is 3.38. The Hall–Kier alpha value is -2.30. The van der Waals surface area contributed by atoms with Gasteiger partial charge in [-0.3, -0.25) is 9.89 Å². The van der Waals surface area contributed by atoms with Crippen LogP contribution in [0.3, 0.4) is 0 Å². The number of carbonyl (C=O) groups is 1. The summed E-state index contributed by atoms with van der Waals surface area (Å²) in [6.45, 7) is 4.43. The molecule has 0 radical (unpaired) electrons. The van der Waals surface area contributed by atoms with E-state index in [0.29, 0.717) is 18.5 Å². The lowest BCUT2D eigenvalue weighted by Crippen LogP contribution is -2.26. The second-order valence-electron chi connectivity index (χ2n) is 4.75. The monoisotopic (exact) mass is 273 g/mol. The molecule has 2 rings (SSSR count). The Bertz CT molecular complexity index is 605. The van der Waals surface area contributed by atoms with Gasteiger partial charge in [0.2, 0.25) is 0 Å². The molecule has 0 spiro atoms. The van der Waals surface area contributed by atoms with Crippen LogP contribution in [0.25, 0.3) is 0 Å². The number of benzene rings is 1. The number of phenols is 1. The van der Waals surface area contributed by atoms with E-state index in [1.807, 2.05) is 26.0 Å². The zero-order chi connectivity index (χ0) is 14.5. The van der Waals surface area contributed by atoms with E-state index in [-0.39, 0.29) is 11.7 Å². The lowest BCUT2D eigenvalue weighted by molar-refractivity contribution is 0.0951. The normalized spacial score (nSPS) is 10.5. The van der Waals surface area contributed by atoms with Crippen molar-refractivity contribution in [3.05, 3.63) is 46.8 Å². The number of carbonyl (C=O) groups excluding carboxylic acids is 1. The predicted octanol–water partition coefficient (Wildman–Crippen LogP) is 1.96. The number of hydrogen-bond donors (Lipinski definition) is 3. The summed E-state index contributed by atoms with van der Waals surface area (Å²) < 4.78 is 0. The van der Waals surface area contributed by atoms with Crippen molar-refractivity contribution >= 4 is 5.91 Å². The highest BCUT2D eigenvalue weighted by Crippen LogP contribution is 2.18. The summed E-state index contributed by atoms with van der Waals surface area (Å²) in [7, 11) is 0.